The molecule has 1 aromatic heterocycles. The lowest BCUT2D eigenvalue weighted by molar-refractivity contribution is 0.302. The quantitative estimate of drug-likeness (QED) is 0.616. The molecule has 0 unspecified atom stereocenters. The van der Waals surface area contributed by atoms with Crippen molar-refractivity contribution < 1.29 is 0 Å². The summed E-state index contributed by atoms with van der Waals surface area (Å²) in [5.74, 6) is 4.36. The van der Waals surface area contributed by atoms with Gasteiger partial charge in [-0.1, -0.05) is 0 Å². The molecule has 0 radical (unpaired) electrons. The van der Waals surface area contributed by atoms with Gasteiger partial charge in [0.15, 0.2) is 5.96 Å². The Hall–Kier alpha value is -1.54. The molecule has 0 bridgehead atoms. The fraction of sp³-hybridized carbons (Fsp3) is 0.688. The Morgan fingerprint density at radius 2 is 1.83 bits per heavy atom. The molecular formula is C16H27N7S. The number of anilines is 1. The number of rotatable bonds is 4. The molecule has 0 aliphatic carbocycles. The molecule has 0 saturated carbocycles. The third-order valence-corrected chi connectivity index (χ3v) is 5.38. The first-order valence-corrected chi connectivity index (χ1v) is 9.80. The van der Waals surface area contributed by atoms with Crippen molar-refractivity contribution in [2.45, 2.75) is 0 Å². The van der Waals surface area contributed by atoms with E-state index in [0.29, 0.717) is 0 Å². The van der Waals surface area contributed by atoms with E-state index in [9.17, 15) is 0 Å². The molecule has 1 aromatic rings. The van der Waals surface area contributed by atoms with Gasteiger partial charge in [-0.05, 0) is 6.07 Å². The average Bonchev–Trinajstić information content (AvgIpc) is 2.67. The van der Waals surface area contributed by atoms with Gasteiger partial charge in [0.05, 0.1) is 0 Å². The Labute approximate surface area is 148 Å². The van der Waals surface area contributed by atoms with Crippen LogP contribution < -0.4 is 10.2 Å². The highest BCUT2D eigenvalue weighted by Gasteiger charge is 2.21. The van der Waals surface area contributed by atoms with E-state index in [1.807, 2.05) is 13.1 Å². The van der Waals surface area contributed by atoms with E-state index in [-0.39, 0.29) is 0 Å². The summed E-state index contributed by atoms with van der Waals surface area (Å²) in [5, 5.41) is 3.52. The molecule has 2 aliphatic heterocycles. The van der Waals surface area contributed by atoms with Crippen LogP contribution in [-0.2, 0) is 0 Å². The van der Waals surface area contributed by atoms with Gasteiger partial charge in [0.1, 0.15) is 0 Å². The summed E-state index contributed by atoms with van der Waals surface area (Å²) < 4.78 is 0. The van der Waals surface area contributed by atoms with Crippen LogP contribution in [0.25, 0.3) is 0 Å². The Morgan fingerprint density at radius 1 is 1.12 bits per heavy atom. The molecule has 1 N–H and O–H groups in total. The van der Waals surface area contributed by atoms with E-state index in [2.05, 4.69) is 46.7 Å². The molecule has 2 fully saturated rings. The van der Waals surface area contributed by atoms with Crippen LogP contribution in [0.2, 0.25) is 0 Å². The van der Waals surface area contributed by atoms with Gasteiger partial charge >= 0.3 is 0 Å². The second kappa shape index (κ2) is 9.08. The first-order chi connectivity index (χ1) is 11.9. The van der Waals surface area contributed by atoms with Crippen LogP contribution in [0, 0.1) is 0 Å². The van der Waals surface area contributed by atoms with Crippen LogP contribution in [0.3, 0.4) is 0 Å². The zero-order valence-corrected chi connectivity index (χ0v) is 15.2. The minimum Gasteiger partial charge on any atom is -0.355 e. The fourth-order valence-corrected chi connectivity index (χ4v) is 4.03. The number of thioether (sulfide) groups is 1. The first kappa shape index (κ1) is 17.3. The second-order valence-electron chi connectivity index (χ2n) is 5.95. The molecule has 8 heteroatoms. The van der Waals surface area contributed by atoms with Crippen molar-refractivity contribution in [3.8, 4) is 0 Å². The van der Waals surface area contributed by atoms with Gasteiger partial charge < -0.3 is 15.1 Å². The molecule has 2 aliphatic rings. The minimum atomic E-state index is 0.822. The van der Waals surface area contributed by atoms with Crippen LogP contribution >= 0.6 is 11.8 Å². The monoisotopic (exact) mass is 349 g/mol. The number of aliphatic imine (C=N–C) groups is 1. The third-order valence-electron chi connectivity index (χ3n) is 4.44. The standard InChI is InChI=1S/C16H27N7S/c1-17-15(20-5-6-21-11-13-24-14-12-21)22-7-9-23(10-8-22)16-18-3-2-4-19-16/h2-4H,5-14H2,1H3,(H,17,20). The first-order valence-electron chi connectivity index (χ1n) is 8.64. The van der Waals surface area contributed by atoms with Gasteiger partial charge in [0, 0.05) is 83.3 Å². The predicted molar refractivity (Wildman–Crippen MR) is 101 cm³/mol. The summed E-state index contributed by atoms with van der Waals surface area (Å²) >= 11 is 2.06. The zero-order valence-electron chi connectivity index (χ0n) is 14.4. The van der Waals surface area contributed by atoms with Gasteiger partial charge in [-0.2, -0.15) is 11.8 Å². The third kappa shape index (κ3) is 4.73. The molecule has 2 saturated heterocycles. The maximum absolute atomic E-state index is 4.45. The number of nitrogens with zero attached hydrogens (tertiary/aromatic N) is 6. The normalized spacial score (nSPS) is 20.3. The van der Waals surface area contributed by atoms with E-state index in [0.717, 1.165) is 51.2 Å². The Bertz CT molecular complexity index is 510. The van der Waals surface area contributed by atoms with Crippen molar-refractivity contribution in [1.29, 1.82) is 0 Å². The highest BCUT2D eigenvalue weighted by Crippen LogP contribution is 2.10. The summed E-state index contributed by atoms with van der Waals surface area (Å²) in [6, 6.07) is 1.85. The van der Waals surface area contributed by atoms with Gasteiger partial charge in [-0.25, -0.2) is 9.97 Å². The van der Waals surface area contributed by atoms with Crippen molar-refractivity contribution >= 4 is 23.7 Å². The molecule has 0 spiro atoms. The number of hydrogen-bond acceptors (Lipinski definition) is 6. The maximum Gasteiger partial charge on any atom is 0.225 e. The summed E-state index contributed by atoms with van der Waals surface area (Å²) in [4.78, 5) is 20.2. The van der Waals surface area contributed by atoms with Gasteiger partial charge in [-0.15, -0.1) is 0 Å². The van der Waals surface area contributed by atoms with Crippen LogP contribution in [0.15, 0.2) is 23.5 Å². The van der Waals surface area contributed by atoms with Crippen LogP contribution in [0.1, 0.15) is 0 Å². The molecule has 3 rings (SSSR count). The Morgan fingerprint density at radius 3 is 2.50 bits per heavy atom. The molecular weight excluding hydrogens is 322 g/mol. The molecule has 0 amide bonds. The molecule has 3 heterocycles. The molecule has 7 nitrogen and oxygen atoms in total. The molecule has 132 valence electrons. The van der Waals surface area contributed by atoms with E-state index in [1.54, 1.807) is 12.4 Å². The maximum atomic E-state index is 4.45. The number of piperazine rings is 1. The largest absolute Gasteiger partial charge is 0.355 e. The Balaban J connectivity index is 1.42. The van der Waals surface area contributed by atoms with E-state index in [1.165, 1.54) is 24.6 Å². The van der Waals surface area contributed by atoms with Gasteiger partial charge in [0.25, 0.3) is 0 Å². The molecule has 0 atom stereocenters. The molecule has 24 heavy (non-hydrogen) atoms. The van der Waals surface area contributed by atoms with Crippen molar-refractivity contribution in [1.82, 2.24) is 25.1 Å². The van der Waals surface area contributed by atoms with Crippen LogP contribution in [0.5, 0.6) is 0 Å². The lowest BCUT2D eigenvalue weighted by Gasteiger charge is -2.36. The van der Waals surface area contributed by atoms with Crippen LogP contribution in [0.4, 0.5) is 5.95 Å². The summed E-state index contributed by atoms with van der Waals surface area (Å²) in [6.07, 6.45) is 3.60. The SMILES string of the molecule is CN=C(NCCN1CCSCC1)N1CCN(c2ncccn2)CC1. The number of nitrogens with one attached hydrogen (secondary N) is 1. The van der Waals surface area contributed by atoms with Crippen molar-refractivity contribution in [2.24, 2.45) is 4.99 Å². The predicted octanol–water partition coefficient (Wildman–Crippen LogP) is 0.223. The fourth-order valence-electron chi connectivity index (χ4n) is 3.06. The van der Waals surface area contributed by atoms with Gasteiger partial charge in [0.2, 0.25) is 5.95 Å². The number of guanidine groups is 1. The summed E-state index contributed by atoms with van der Waals surface area (Å²) in [6.45, 7) is 8.21. The van der Waals surface area contributed by atoms with E-state index < -0.39 is 0 Å². The number of hydrogen-bond donors (Lipinski definition) is 1. The topological polar surface area (TPSA) is 59.9 Å². The summed E-state index contributed by atoms with van der Waals surface area (Å²) in [7, 11) is 1.87. The smallest absolute Gasteiger partial charge is 0.225 e. The second-order valence-corrected chi connectivity index (χ2v) is 7.18. The highest BCUT2D eigenvalue weighted by atomic mass is 32.2. The van der Waals surface area contributed by atoms with Crippen LogP contribution in [-0.4, -0.2) is 96.6 Å². The van der Waals surface area contributed by atoms with Crippen molar-refractivity contribution in [2.75, 3.05) is 75.8 Å². The lowest BCUT2D eigenvalue weighted by atomic mass is 10.3. The molecule has 0 aromatic carbocycles. The lowest BCUT2D eigenvalue weighted by Crippen LogP contribution is -2.53. The van der Waals surface area contributed by atoms with E-state index >= 15 is 0 Å². The summed E-state index contributed by atoms with van der Waals surface area (Å²) in [5.41, 5.74) is 0. The van der Waals surface area contributed by atoms with Crippen molar-refractivity contribution in [3.63, 3.8) is 0 Å². The van der Waals surface area contributed by atoms with Gasteiger partial charge in [-0.3, -0.25) is 9.89 Å². The Kier molecular flexibility index (Phi) is 6.54. The number of aromatic nitrogens is 2. The zero-order chi connectivity index (χ0) is 16.6. The average molecular weight is 350 g/mol. The van der Waals surface area contributed by atoms with Crippen molar-refractivity contribution in [3.05, 3.63) is 18.5 Å². The highest BCUT2D eigenvalue weighted by molar-refractivity contribution is 7.99. The van der Waals surface area contributed by atoms with E-state index in [4.69, 9.17) is 0 Å². The minimum absolute atomic E-state index is 0.822.